The minimum atomic E-state index is 0. The predicted molar refractivity (Wildman–Crippen MR) is 84.6 cm³/mol. The molecule has 2 heterocycles. The summed E-state index contributed by atoms with van der Waals surface area (Å²) in [5.41, 5.74) is 0.851. The van der Waals surface area contributed by atoms with E-state index in [1.54, 1.807) is 19.6 Å². The molecule has 0 aliphatic carbocycles. The summed E-state index contributed by atoms with van der Waals surface area (Å²) in [6.07, 6.45) is 3.22. The number of halogens is 1. The third-order valence-corrected chi connectivity index (χ3v) is 2.67. The van der Waals surface area contributed by atoms with Gasteiger partial charge in [0.05, 0.1) is 13.1 Å². The van der Waals surface area contributed by atoms with Gasteiger partial charge in [0, 0.05) is 27.2 Å². The molecule has 0 atom stereocenters. The molecule has 0 bridgehead atoms. The summed E-state index contributed by atoms with van der Waals surface area (Å²) < 4.78 is 6.66. The minimum absolute atomic E-state index is 0. The van der Waals surface area contributed by atoms with Gasteiger partial charge in [-0.25, -0.2) is 0 Å². The highest BCUT2D eigenvalue weighted by atomic mass is 127. The van der Waals surface area contributed by atoms with Crippen LogP contribution in [0.4, 0.5) is 0 Å². The topological polar surface area (TPSA) is 84.4 Å². The van der Waals surface area contributed by atoms with Crippen molar-refractivity contribution in [3.05, 3.63) is 30.2 Å². The van der Waals surface area contributed by atoms with Crippen LogP contribution in [-0.2, 0) is 20.1 Å². The molecule has 8 nitrogen and oxygen atoms in total. The van der Waals surface area contributed by atoms with Crippen molar-refractivity contribution in [1.82, 2.24) is 30.1 Å². The number of aliphatic imine (C=N–C) groups is 1. The molecule has 0 fully saturated rings. The lowest BCUT2D eigenvalue weighted by Gasteiger charge is -2.20. The van der Waals surface area contributed by atoms with Crippen LogP contribution in [-0.4, -0.2) is 44.9 Å². The zero-order valence-electron chi connectivity index (χ0n) is 11.6. The number of hydrogen-bond acceptors (Lipinski definition) is 5. The number of guanidine groups is 1. The second-order valence-electron chi connectivity index (χ2n) is 4.11. The molecule has 0 radical (unpaired) electrons. The molecule has 0 unspecified atom stereocenters. The lowest BCUT2D eigenvalue weighted by Crippen LogP contribution is -2.38. The quantitative estimate of drug-likeness (QED) is 0.468. The lowest BCUT2D eigenvalue weighted by molar-refractivity contribution is 0.391. The SMILES string of the molecule is CN=C(NCc1nncn1C)N(C)Cc1ccon1.I. The highest BCUT2D eigenvalue weighted by Gasteiger charge is 2.09. The van der Waals surface area contributed by atoms with Crippen LogP contribution in [0.3, 0.4) is 0 Å². The van der Waals surface area contributed by atoms with Gasteiger partial charge in [-0.15, -0.1) is 34.2 Å². The van der Waals surface area contributed by atoms with Crippen LogP contribution in [0.2, 0.25) is 0 Å². The minimum Gasteiger partial charge on any atom is -0.364 e. The number of nitrogens with zero attached hydrogens (tertiary/aromatic N) is 6. The second-order valence-corrected chi connectivity index (χ2v) is 4.11. The first-order valence-electron chi connectivity index (χ1n) is 5.84. The molecule has 0 aliphatic heterocycles. The van der Waals surface area contributed by atoms with Gasteiger partial charge in [0.2, 0.25) is 0 Å². The molecule has 110 valence electrons. The Hall–Kier alpha value is -1.65. The van der Waals surface area contributed by atoms with Crippen molar-refractivity contribution in [1.29, 1.82) is 0 Å². The normalized spacial score (nSPS) is 11.1. The third kappa shape index (κ3) is 4.18. The molecule has 2 aromatic heterocycles. The van der Waals surface area contributed by atoms with E-state index < -0.39 is 0 Å². The van der Waals surface area contributed by atoms with Gasteiger partial charge in [0.25, 0.3) is 0 Å². The van der Waals surface area contributed by atoms with Crippen LogP contribution in [0.25, 0.3) is 0 Å². The van der Waals surface area contributed by atoms with E-state index in [1.807, 2.05) is 29.6 Å². The number of nitrogens with one attached hydrogen (secondary N) is 1. The lowest BCUT2D eigenvalue weighted by atomic mass is 10.4. The fourth-order valence-corrected chi connectivity index (χ4v) is 1.65. The van der Waals surface area contributed by atoms with E-state index in [1.165, 1.54) is 0 Å². The van der Waals surface area contributed by atoms with Crippen molar-refractivity contribution in [2.24, 2.45) is 12.0 Å². The fourth-order valence-electron chi connectivity index (χ4n) is 1.65. The summed E-state index contributed by atoms with van der Waals surface area (Å²) in [6, 6.07) is 1.83. The maximum absolute atomic E-state index is 4.80. The number of aromatic nitrogens is 4. The van der Waals surface area contributed by atoms with E-state index in [9.17, 15) is 0 Å². The van der Waals surface area contributed by atoms with Gasteiger partial charge in [-0.1, -0.05) is 5.16 Å². The van der Waals surface area contributed by atoms with Gasteiger partial charge in [0.1, 0.15) is 18.3 Å². The number of rotatable bonds is 4. The van der Waals surface area contributed by atoms with Gasteiger partial charge < -0.3 is 19.3 Å². The van der Waals surface area contributed by atoms with E-state index in [0.29, 0.717) is 13.1 Å². The van der Waals surface area contributed by atoms with E-state index in [2.05, 4.69) is 25.7 Å². The monoisotopic (exact) mass is 391 g/mol. The molecule has 9 heteroatoms. The number of hydrogen-bond donors (Lipinski definition) is 1. The molecular formula is C11H18IN7O. The van der Waals surface area contributed by atoms with Crippen molar-refractivity contribution in [3.8, 4) is 0 Å². The van der Waals surface area contributed by atoms with E-state index in [0.717, 1.165) is 17.5 Å². The molecular weight excluding hydrogens is 373 g/mol. The smallest absolute Gasteiger partial charge is 0.194 e. The van der Waals surface area contributed by atoms with Gasteiger partial charge >= 0.3 is 0 Å². The Bertz CT molecular complexity index is 537. The second kappa shape index (κ2) is 7.82. The van der Waals surface area contributed by atoms with Crippen LogP contribution < -0.4 is 5.32 Å². The Balaban J connectivity index is 0.00000200. The van der Waals surface area contributed by atoms with E-state index >= 15 is 0 Å². The molecule has 20 heavy (non-hydrogen) atoms. The van der Waals surface area contributed by atoms with Crippen molar-refractivity contribution in [2.75, 3.05) is 14.1 Å². The zero-order chi connectivity index (χ0) is 13.7. The van der Waals surface area contributed by atoms with Gasteiger partial charge in [-0.2, -0.15) is 0 Å². The Morgan fingerprint density at radius 1 is 1.55 bits per heavy atom. The molecule has 0 saturated carbocycles. The van der Waals surface area contributed by atoms with Crippen molar-refractivity contribution in [2.45, 2.75) is 13.1 Å². The van der Waals surface area contributed by atoms with Crippen LogP contribution in [0, 0.1) is 0 Å². The summed E-state index contributed by atoms with van der Waals surface area (Å²) in [7, 11) is 5.57. The van der Waals surface area contributed by atoms with E-state index in [-0.39, 0.29) is 24.0 Å². The Labute approximate surface area is 134 Å². The van der Waals surface area contributed by atoms with Gasteiger partial charge in [-0.3, -0.25) is 4.99 Å². The first-order valence-corrected chi connectivity index (χ1v) is 5.84. The van der Waals surface area contributed by atoms with Gasteiger partial charge in [0.15, 0.2) is 11.8 Å². The summed E-state index contributed by atoms with van der Waals surface area (Å²) in [5, 5.41) is 14.9. The average molecular weight is 391 g/mol. The maximum atomic E-state index is 4.80. The molecule has 0 aliphatic rings. The van der Waals surface area contributed by atoms with Crippen LogP contribution in [0.5, 0.6) is 0 Å². The molecule has 0 aromatic carbocycles. The van der Waals surface area contributed by atoms with E-state index in [4.69, 9.17) is 4.52 Å². The largest absolute Gasteiger partial charge is 0.364 e. The summed E-state index contributed by atoms with van der Waals surface area (Å²) >= 11 is 0. The summed E-state index contributed by atoms with van der Waals surface area (Å²) in [4.78, 5) is 6.17. The van der Waals surface area contributed by atoms with Crippen LogP contribution >= 0.6 is 24.0 Å². The molecule has 1 N–H and O–H groups in total. The first kappa shape index (κ1) is 16.4. The van der Waals surface area contributed by atoms with Crippen LogP contribution in [0.15, 0.2) is 28.2 Å². The average Bonchev–Trinajstić information content (AvgIpc) is 3.02. The summed E-state index contributed by atoms with van der Waals surface area (Å²) in [6.45, 7) is 1.18. The molecule has 0 saturated heterocycles. The Morgan fingerprint density at radius 3 is 2.90 bits per heavy atom. The zero-order valence-corrected chi connectivity index (χ0v) is 14.0. The molecule has 0 amide bonds. The predicted octanol–water partition coefficient (Wildman–Crippen LogP) is 0.628. The fraction of sp³-hybridized carbons (Fsp3) is 0.455. The van der Waals surface area contributed by atoms with Crippen molar-refractivity contribution < 1.29 is 4.52 Å². The van der Waals surface area contributed by atoms with Gasteiger partial charge in [-0.05, 0) is 0 Å². The molecule has 2 rings (SSSR count). The standard InChI is InChI=1S/C11H17N7O.HI/c1-12-11(13-6-10-15-14-8-18(10)3)17(2)7-9-4-5-19-16-9;/h4-5,8H,6-7H2,1-3H3,(H,12,13);1H. The Kier molecular flexibility index (Phi) is 6.42. The van der Waals surface area contributed by atoms with Crippen molar-refractivity contribution in [3.63, 3.8) is 0 Å². The summed E-state index contributed by atoms with van der Waals surface area (Å²) in [5.74, 6) is 1.60. The van der Waals surface area contributed by atoms with Crippen molar-refractivity contribution >= 4 is 29.9 Å². The maximum Gasteiger partial charge on any atom is 0.194 e. The first-order chi connectivity index (χ1) is 9.20. The Morgan fingerprint density at radius 2 is 2.35 bits per heavy atom. The highest BCUT2D eigenvalue weighted by Crippen LogP contribution is 2.00. The molecule has 2 aromatic rings. The molecule has 0 spiro atoms. The number of aryl methyl sites for hydroxylation is 1. The third-order valence-electron chi connectivity index (χ3n) is 2.67. The van der Waals surface area contributed by atoms with Crippen LogP contribution in [0.1, 0.15) is 11.5 Å². The highest BCUT2D eigenvalue weighted by molar-refractivity contribution is 14.0.